The van der Waals surface area contributed by atoms with Crippen molar-refractivity contribution in [2.24, 2.45) is 22.7 Å². The molecule has 2 saturated carbocycles. The van der Waals surface area contributed by atoms with Crippen molar-refractivity contribution in [3.8, 4) is 0 Å². The standard InChI is InChI=1S/C20H32O3/c1-13-6-5-7-16-19(13,3)10-8-14(2)20(16,4)11-9-15-12-17(21)23-18(15)22/h9,14,16-18,21-22H,1,5-8,10-12H2,2-4H3/b15-9-/t14-,16+,17?,18?,19+,20+/m1/s1. The molecule has 23 heavy (non-hydrogen) atoms. The third-order valence-corrected chi connectivity index (χ3v) is 7.38. The third-order valence-electron chi connectivity index (χ3n) is 7.38. The highest BCUT2D eigenvalue weighted by Crippen LogP contribution is 2.62. The summed E-state index contributed by atoms with van der Waals surface area (Å²) in [6.45, 7) is 11.6. The molecule has 0 spiro atoms. The normalized spacial score (nSPS) is 49.4. The molecule has 0 amide bonds. The van der Waals surface area contributed by atoms with Gasteiger partial charge in [-0.25, -0.2) is 0 Å². The lowest BCUT2D eigenvalue weighted by Gasteiger charge is -2.58. The van der Waals surface area contributed by atoms with E-state index in [0.717, 1.165) is 12.0 Å². The van der Waals surface area contributed by atoms with E-state index in [9.17, 15) is 10.2 Å². The molecule has 0 aromatic rings. The molecule has 0 radical (unpaired) electrons. The summed E-state index contributed by atoms with van der Waals surface area (Å²) in [4.78, 5) is 0. The summed E-state index contributed by atoms with van der Waals surface area (Å²) in [5, 5.41) is 19.5. The molecule has 3 heteroatoms. The first-order valence-electron chi connectivity index (χ1n) is 9.16. The second-order valence-electron chi connectivity index (χ2n) is 8.54. The van der Waals surface area contributed by atoms with Gasteiger partial charge in [0, 0.05) is 6.42 Å². The van der Waals surface area contributed by atoms with Crippen molar-refractivity contribution in [3.63, 3.8) is 0 Å². The molecule has 3 rings (SSSR count). The Morgan fingerprint density at radius 3 is 2.70 bits per heavy atom. The van der Waals surface area contributed by atoms with Crippen LogP contribution in [0.15, 0.2) is 23.8 Å². The first-order valence-corrected chi connectivity index (χ1v) is 9.16. The predicted octanol–water partition coefficient (Wildman–Crippen LogP) is 4.16. The van der Waals surface area contributed by atoms with Crippen LogP contribution in [0.3, 0.4) is 0 Å². The zero-order valence-corrected chi connectivity index (χ0v) is 14.8. The Hall–Kier alpha value is -0.640. The molecular formula is C20H32O3. The predicted molar refractivity (Wildman–Crippen MR) is 91.5 cm³/mol. The van der Waals surface area contributed by atoms with E-state index in [-0.39, 0.29) is 10.8 Å². The molecule has 0 bridgehead atoms. The third kappa shape index (κ3) is 2.81. The molecule has 1 aliphatic heterocycles. The Bertz CT molecular complexity index is 511. The fraction of sp³-hybridized carbons (Fsp3) is 0.800. The molecule has 1 saturated heterocycles. The number of rotatable bonds is 2. The van der Waals surface area contributed by atoms with E-state index >= 15 is 0 Å². The highest BCUT2D eigenvalue weighted by molar-refractivity contribution is 5.20. The smallest absolute Gasteiger partial charge is 0.180 e. The Morgan fingerprint density at radius 2 is 2.04 bits per heavy atom. The van der Waals surface area contributed by atoms with Gasteiger partial charge in [0.25, 0.3) is 0 Å². The fourth-order valence-electron chi connectivity index (χ4n) is 5.43. The van der Waals surface area contributed by atoms with Gasteiger partial charge in [0.15, 0.2) is 12.6 Å². The van der Waals surface area contributed by atoms with Crippen LogP contribution in [0, 0.1) is 22.7 Å². The minimum Gasteiger partial charge on any atom is -0.368 e. The number of fused-ring (bicyclic) bond motifs is 1. The van der Waals surface area contributed by atoms with Gasteiger partial charge in [-0.15, -0.1) is 0 Å². The van der Waals surface area contributed by atoms with Gasteiger partial charge in [-0.1, -0.05) is 39.0 Å². The van der Waals surface area contributed by atoms with E-state index in [4.69, 9.17) is 4.74 Å². The molecule has 2 unspecified atom stereocenters. The SMILES string of the molecule is C=C1CCC[C@@H]2[C@@](C)(C/C=C3/CC(O)OC3O)[C@H](C)CC[C@@]12C. The minimum absolute atomic E-state index is 0.219. The van der Waals surface area contributed by atoms with E-state index in [0.29, 0.717) is 18.3 Å². The lowest BCUT2D eigenvalue weighted by Crippen LogP contribution is -2.50. The molecular weight excluding hydrogens is 288 g/mol. The summed E-state index contributed by atoms with van der Waals surface area (Å²) < 4.78 is 5.05. The van der Waals surface area contributed by atoms with E-state index in [2.05, 4.69) is 33.4 Å². The van der Waals surface area contributed by atoms with Gasteiger partial charge >= 0.3 is 0 Å². The Balaban J connectivity index is 1.85. The van der Waals surface area contributed by atoms with Crippen molar-refractivity contribution >= 4 is 0 Å². The fourth-order valence-corrected chi connectivity index (χ4v) is 5.43. The Morgan fingerprint density at radius 1 is 1.30 bits per heavy atom. The van der Waals surface area contributed by atoms with Crippen LogP contribution in [0.25, 0.3) is 0 Å². The maximum atomic E-state index is 9.90. The molecule has 3 nitrogen and oxygen atoms in total. The molecule has 6 atom stereocenters. The average molecular weight is 320 g/mol. The summed E-state index contributed by atoms with van der Waals surface area (Å²) >= 11 is 0. The van der Waals surface area contributed by atoms with Crippen LogP contribution >= 0.6 is 0 Å². The van der Waals surface area contributed by atoms with Crippen LogP contribution in [0.4, 0.5) is 0 Å². The molecule has 3 fully saturated rings. The van der Waals surface area contributed by atoms with Crippen molar-refractivity contribution in [2.75, 3.05) is 0 Å². The molecule has 0 aromatic heterocycles. The molecule has 0 aromatic carbocycles. The summed E-state index contributed by atoms with van der Waals surface area (Å²) in [5.74, 6) is 1.31. The van der Waals surface area contributed by atoms with Crippen LogP contribution in [-0.2, 0) is 4.74 Å². The van der Waals surface area contributed by atoms with Crippen molar-refractivity contribution in [1.29, 1.82) is 0 Å². The monoisotopic (exact) mass is 320 g/mol. The number of allylic oxidation sites excluding steroid dienone is 2. The van der Waals surface area contributed by atoms with Crippen LogP contribution in [0.1, 0.15) is 65.7 Å². The highest BCUT2D eigenvalue weighted by Gasteiger charge is 2.53. The van der Waals surface area contributed by atoms with E-state index in [1.807, 2.05) is 0 Å². The quantitative estimate of drug-likeness (QED) is 0.751. The van der Waals surface area contributed by atoms with Crippen LogP contribution in [-0.4, -0.2) is 22.8 Å². The topological polar surface area (TPSA) is 49.7 Å². The number of hydrogen-bond acceptors (Lipinski definition) is 3. The van der Waals surface area contributed by atoms with Gasteiger partial charge in [0.1, 0.15) is 0 Å². The first kappa shape index (κ1) is 17.2. The lowest BCUT2D eigenvalue weighted by atomic mass is 9.46. The molecule has 2 aliphatic carbocycles. The first-order chi connectivity index (χ1) is 10.8. The van der Waals surface area contributed by atoms with E-state index in [1.165, 1.54) is 37.7 Å². The second kappa shape index (κ2) is 6.02. The summed E-state index contributed by atoms with van der Waals surface area (Å²) in [6.07, 6.45) is 7.95. The number of hydrogen-bond donors (Lipinski definition) is 2. The van der Waals surface area contributed by atoms with Gasteiger partial charge in [0.05, 0.1) is 0 Å². The van der Waals surface area contributed by atoms with Crippen LogP contribution in [0.5, 0.6) is 0 Å². The average Bonchev–Trinajstić information content (AvgIpc) is 2.82. The minimum atomic E-state index is -0.930. The largest absolute Gasteiger partial charge is 0.368 e. The molecule has 2 N–H and O–H groups in total. The highest BCUT2D eigenvalue weighted by atomic mass is 16.7. The van der Waals surface area contributed by atoms with Crippen molar-refractivity contribution in [1.82, 2.24) is 0 Å². The Kier molecular flexibility index (Phi) is 4.50. The summed E-state index contributed by atoms with van der Waals surface area (Å²) in [6, 6.07) is 0. The maximum Gasteiger partial charge on any atom is 0.180 e. The lowest BCUT2D eigenvalue weighted by molar-refractivity contribution is -0.154. The van der Waals surface area contributed by atoms with Gasteiger partial charge in [0.2, 0.25) is 0 Å². The van der Waals surface area contributed by atoms with Crippen molar-refractivity contribution in [3.05, 3.63) is 23.8 Å². The second-order valence-corrected chi connectivity index (χ2v) is 8.54. The molecule has 3 aliphatic rings. The summed E-state index contributed by atoms with van der Waals surface area (Å²) in [7, 11) is 0. The van der Waals surface area contributed by atoms with Crippen molar-refractivity contribution in [2.45, 2.75) is 78.3 Å². The maximum absolute atomic E-state index is 9.90. The van der Waals surface area contributed by atoms with E-state index < -0.39 is 12.6 Å². The number of ether oxygens (including phenoxy) is 1. The van der Waals surface area contributed by atoms with Gasteiger partial charge in [-0.3, -0.25) is 0 Å². The van der Waals surface area contributed by atoms with Gasteiger partial charge < -0.3 is 14.9 Å². The van der Waals surface area contributed by atoms with Gasteiger partial charge in [-0.05, 0) is 66.8 Å². The Labute approximate surface area is 140 Å². The van der Waals surface area contributed by atoms with Crippen LogP contribution in [0.2, 0.25) is 0 Å². The van der Waals surface area contributed by atoms with E-state index in [1.54, 1.807) is 0 Å². The zero-order chi connectivity index (χ0) is 16.8. The zero-order valence-electron chi connectivity index (χ0n) is 14.8. The number of aliphatic hydroxyl groups excluding tert-OH is 2. The van der Waals surface area contributed by atoms with Gasteiger partial charge in [-0.2, -0.15) is 0 Å². The van der Waals surface area contributed by atoms with Crippen LogP contribution < -0.4 is 0 Å². The molecule has 130 valence electrons. The molecule has 1 heterocycles. The van der Waals surface area contributed by atoms with Crippen molar-refractivity contribution < 1.29 is 14.9 Å². The summed E-state index contributed by atoms with van der Waals surface area (Å²) in [5.41, 5.74) is 2.77. The number of aliphatic hydroxyl groups is 2.